The van der Waals surface area contributed by atoms with Gasteiger partial charge in [-0.15, -0.1) is 0 Å². The molecule has 0 unspecified atom stereocenters. The van der Waals surface area contributed by atoms with Crippen LogP contribution in [0.1, 0.15) is 19.3 Å². The Kier molecular flexibility index (Phi) is 5.00. The number of aliphatic hydroxyl groups excluding tert-OH is 1. The average molecular weight is 348 g/mol. The minimum absolute atomic E-state index is 0.182. The number of rotatable bonds is 4. The molecule has 4 nitrogen and oxygen atoms in total. The second-order valence-electron chi connectivity index (χ2n) is 4.79. The van der Waals surface area contributed by atoms with Crippen molar-refractivity contribution in [2.45, 2.75) is 24.2 Å². The topological polar surface area (TPSA) is 57.6 Å². The van der Waals surface area contributed by atoms with E-state index in [2.05, 4.69) is 15.9 Å². The van der Waals surface area contributed by atoms with E-state index in [9.17, 15) is 8.42 Å². The fraction of sp³-hybridized carbons (Fsp3) is 0.538. The van der Waals surface area contributed by atoms with Crippen molar-refractivity contribution in [3.63, 3.8) is 0 Å². The number of nitrogens with zero attached hydrogens (tertiary/aromatic N) is 1. The molecule has 1 heterocycles. The Morgan fingerprint density at radius 1 is 1.26 bits per heavy atom. The smallest absolute Gasteiger partial charge is 0.244 e. The maximum Gasteiger partial charge on any atom is 0.244 e. The SMILES string of the molecule is O=S(=O)(c1ccccc1Br)N1CCC(CCO)CC1. The summed E-state index contributed by atoms with van der Waals surface area (Å²) in [5.41, 5.74) is 0. The zero-order chi connectivity index (χ0) is 13.9. The summed E-state index contributed by atoms with van der Waals surface area (Å²) in [7, 11) is -3.41. The lowest BCUT2D eigenvalue weighted by atomic mass is 9.95. The first kappa shape index (κ1) is 15.0. The predicted octanol–water partition coefficient (Wildman–Crippen LogP) is 2.23. The van der Waals surface area contributed by atoms with E-state index in [4.69, 9.17) is 5.11 Å². The summed E-state index contributed by atoms with van der Waals surface area (Å²) in [5.74, 6) is 0.440. The number of hydrogen-bond donors (Lipinski definition) is 1. The highest BCUT2D eigenvalue weighted by Crippen LogP contribution is 2.28. The third-order valence-electron chi connectivity index (χ3n) is 3.57. The summed E-state index contributed by atoms with van der Waals surface area (Å²) in [6, 6.07) is 6.90. The van der Waals surface area contributed by atoms with Crippen molar-refractivity contribution in [1.82, 2.24) is 4.31 Å². The number of halogens is 1. The van der Waals surface area contributed by atoms with Gasteiger partial charge in [-0.3, -0.25) is 0 Å². The average Bonchev–Trinajstić information content (AvgIpc) is 2.40. The fourth-order valence-corrected chi connectivity index (χ4v) is 4.85. The summed E-state index contributed by atoms with van der Waals surface area (Å²) < 4.78 is 27.2. The Bertz CT molecular complexity index is 524. The summed E-state index contributed by atoms with van der Waals surface area (Å²) >= 11 is 3.30. The van der Waals surface area contributed by atoms with Gasteiger partial charge in [-0.25, -0.2) is 8.42 Å². The molecule has 1 aromatic carbocycles. The zero-order valence-electron chi connectivity index (χ0n) is 10.6. The van der Waals surface area contributed by atoms with Crippen LogP contribution >= 0.6 is 15.9 Å². The summed E-state index contributed by atoms with van der Waals surface area (Å²) in [6.07, 6.45) is 2.41. The Morgan fingerprint density at radius 3 is 2.47 bits per heavy atom. The van der Waals surface area contributed by atoms with Gasteiger partial charge in [0.25, 0.3) is 0 Å². The molecule has 1 aliphatic heterocycles. The lowest BCUT2D eigenvalue weighted by Gasteiger charge is -2.31. The van der Waals surface area contributed by atoms with Crippen LogP contribution in [0.15, 0.2) is 33.6 Å². The number of benzene rings is 1. The molecule has 0 radical (unpaired) electrons. The van der Waals surface area contributed by atoms with Gasteiger partial charge in [0.1, 0.15) is 0 Å². The molecule has 1 fully saturated rings. The third-order valence-corrected chi connectivity index (χ3v) is 6.48. The molecular weight excluding hydrogens is 330 g/mol. The maximum atomic E-state index is 12.5. The number of sulfonamides is 1. The summed E-state index contributed by atoms with van der Waals surface area (Å²) in [5, 5.41) is 8.92. The first-order valence-electron chi connectivity index (χ1n) is 6.41. The zero-order valence-corrected chi connectivity index (χ0v) is 13.0. The first-order valence-corrected chi connectivity index (χ1v) is 8.64. The molecule has 1 aromatic rings. The van der Waals surface area contributed by atoms with Gasteiger partial charge in [-0.2, -0.15) is 4.31 Å². The fourth-order valence-electron chi connectivity index (χ4n) is 2.41. The molecule has 0 spiro atoms. The van der Waals surface area contributed by atoms with Gasteiger partial charge >= 0.3 is 0 Å². The van der Waals surface area contributed by atoms with Gasteiger partial charge in [0.15, 0.2) is 0 Å². The second kappa shape index (κ2) is 6.35. The Hall–Kier alpha value is -0.430. The highest BCUT2D eigenvalue weighted by Gasteiger charge is 2.30. The van der Waals surface area contributed by atoms with Crippen LogP contribution in [-0.2, 0) is 10.0 Å². The van der Waals surface area contributed by atoms with Crippen LogP contribution < -0.4 is 0 Å². The van der Waals surface area contributed by atoms with E-state index in [1.165, 1.54) is 0 Å². The van der Waals surface area contributed by atoms with Crippen molar-refractivity contribution in [2.75, 3.05) is 19.7 Å². The Morgan fingerprint density at radius 2 is 1.89 bits per heavy atom. The van der Waals surface area contributed by atoms with Crippen LogP contribution in [0.5, 0.6) is 0 Å². The normalized spacial score (nSPS) is 18.6. The Balaban J connectivity index is 2.12. The molecule has 19 heavy (non-hydrogen) atoms. The number of piperidine rings is 1. The minimum atomic E-state index is -3.41. The predicted molar refractivity (Wildman–Crippen MR) is 77.3 cm³/mol. The van der Waals surface area contributed by atoms with Gasteiger partial charge in [0, 0.05) is 24.2 Å². The van der Waals surface area contributed by atoms with Crippen molar-refractivity contribution in [3.05, 3.63) is 28.7 Å². The van der Waals surface area contributed by atoms with Crippen LogP contribution in [0.3, 0.4) is 0 Å². The van der Waals surface area contributed by atoms with Crippen LogP contribution in [0.4, 0.5) is 0 Å². The second-order valence-corrected chi connectivity index (χ2v) is 7.55. The monoisotopic (exact) mass is 347 g/mol. The summed E-state index contributed by atoms with van der Waals surface area (Å²) in [4.78, 5) is 0.329. The lowest BCUT2D eigenvalue weighted by molar-refractivity contribution is 0.208. The van der Waals surface area contributed by atoms with Crippen LogP contribution in [0, 0.1) is 5.92 Å². The Labute approximate surface area is 122 Å². The molecule has 0 amide bonds. The van der Waals surface area contributed by atoms with Crippen molar-refractivity contribution >= 4 is 26.0 Å². The molecular formula is C13H18BrNO3S. The molecule has 0 aromatic heterocycles. The molecule has 1 saturated heterocycles. The van der Waals surface area contributed by atoms with Gasteiger partial charge in [-0.1, -0.05) is 12.1 Å². The van der Waals surface area contributed by atoms with Gasteiger partial charge in [0.2, 0.25) is 10.0 Å². The van der Waals surface area contributed by atoms with E-state index in [-0.39, 0.29) is 6.61 Å². The lowest BCUT2D eigenvalue weighted by Crippen LogP contribution is -2.38. The maximum absolute atomic E-state index is 12.5. The molecule has 0 atom stereocenters. The standard InChI is InChI=1S/C13H18BrNO3S/c14-12-3-1-2-4-13(12)19(17,18)15-8-5-11(6-9-15)7-10-16/h1-4,11,16H,5-10H2. The molecule has 6 heteroatoms. The molecule has 0 aliphatic carbocycles. The molecule has 0 bridgehead atoms. The highest BCUT2D eigenvalue weighted by atomic mass is 79.9. The summed E-state index contributed by atoms with van der Waals surface area (Å²) in [6.45, 7) is 1.25. The van der Waals surface area contributed by atoms with Gasteiger partial charge in [0.05, 0.1) is 4.90 Å². The molecule has 0 saturated carbocycles. The van der Waals surface area contributed by atoms with Gasteiger partial charge in [-0.05, 0) is 53.2 Å². The van der Waals surface area contributed by atoms with Gasteiger partial charge < -0.3 is 5.11 Å². The van der Waals surface area contributed by atoms with Crippen molar-refractivity contribution < 1.29 is 13.5 Å². The van der Waals surface area contributed by atoms with Crippen LogP contribution in [0.2, 0.25) is 0 Å². The highest BCUT2D eigenvalue weighted by molar-refractivity contribution is 9.10. The van der Waals surface area contributed by atoms with E-state index < -0.39 is 10.0 Å². The quantitative estimate of drug-likeness (QED) is 0.908. The van der Waals surface area contributed by atoms with Crippen molar-refractivity contribution in [2.24, 2.45) is 5.92 Å². The van der Waals surface area contributed by atoms with Crippen molar-refractivity contribution in [3.8, 4) is 0 Å². The van der Waals surface area contributed by atoms with E-state index in [1.807, 2.05) is 0 Å². The minimum Gasteiger partial charge on any atom is -0.396 e. The number of aliphatic hydroxyl groups is 1. The number of hydrogen-bond acceptors (Lipinski definition) is 3. The molecule has 2 rings (SSSR count). The van der Waals surface area contributed by atoms with E-state index in [0.29, 0.717) is 28.4 Å². The van der Waals surface area contributed by atoms with Crippen LogP contribution in [-0.4, -0.2) is 37.5 Å². The largest absolute Gasteiger partial charge is 0.396 e. The van der Waals surface area contributed by atoms with E-state index in [0.717, 1.165) is 19.3 Å². The first-order chi connectivity index (χ1) is 9.05. The molecule has 1 N–H and O–H groups in total. The third kappa shape index (κ3) is 3.37. The van der Waals surface area contributed by atoms with E-state index >= 15 is 0 Å². The molecule has 1 aliphatic rings. The van der Waals surface area contributed by atoms with E-state index in [1.54, 1.807) is 28.6 Å². The van der Waals surface area contributed by atoms with Crippen molar-refractivity contribution in [1.29, 1.82) is 0 Å². The van der Waals surface area contributed by atoms with Crippen LogP contribution in [0.25, 0.3) is 0 Å². The molecule has 106 valence electrons.